The molecule has 3 heterocycles. The van der Waals surface area contributed by atoms with Crippen LogP contribution in [0.25, 0.3) is 10.9 Å². The zero-order chi connectivity index (χ0) is 29.8. The van der Waals surface area contributed by atoms with E-state index in [-0.39, 0.29) is 29.8 Å². The first-order chi connectivity index (χ1) is 20.9. The summed E-state index contributed by atoms with van der Waals surface area (Å²) in [6, 6.07) is 20.0. The van der Waals surface area contributed by atoms with Crippen molar-refractivity contribution in [2.45, 2.75) is 69.6 Å². The highest BCUT2D eigenvalue weighted by atomic mass is 16.3. The molecular formula is C35H43N5O3. The van der Waals surface area contributed by atoms with Crippen LogP contribution in [0.1, 0.15) is 67.6 Å². The number of rotatable bonds is 9. The number of aromatic amines is 1. The van der Waals surface area contributed by atoms with Crippen LogP contribution >= 0.6 is 0 Å². The highest BCUT2D eigenvalue weighted by molar-refractivity contribution is 5.81. The van der Waals surface area contributed by atoms with Crippen molar-refractivity contribution in [3.63, 3.8) is 0 Å². The van der Waals surface area contributed by atoms with Gasteiger partial charge < -0.3 is 14.6 Å². The Morgan fingerprint density at radius 1 is 1.07 bits per heavy atom. The molecule has 2 fully saturated rings. The lowest BCUT2D eigenvalue weighted by molar-refractivity contribution is -0.139. The lowest BCUT2D eigenvalue weighted by Gasteiger charge is -2.45. The number of aryl methyl sites for hydroxylation is 1. The van der Waals surface area contributed by atoms with E-state index in [0.717, 1.165) is 73.8 Å². The molecule has 8 nitrogen and oxygen atoms in total. The van der Waals surface area contributed by atoms with Crippen molar-refractivity contribution in [3.8, 4) is 0 Å². The highest BCUT2D eigenvalue weighted by Gasteiger charge is 2.42. The van der Waals surface area contributed by atoms with Crippen molar-refractivity contribution in [1.82, 2.24) is 24.6 Å². The van der Waals surface area contributed by atoms with Gasteiger partial charge in [-0.2, -0.15) is 5.10 Å². The Bertz CT molecular complexity index is 1570. The number of amides is 1. The number of pyridine rings is 1. The molecule has 1 amide bonds. The number of nitrogens with zero attached hydrogens (tertiary/aromatic N) is 4. The van der Waals surface area contributed by atoms with Crippen LogP contribution in [0.3, 0.4) is 0 Å². The number of H-pyrrole nitrogens is 1. The molecule has 2 aliphatic rings. The van der Waals surface area contributed by atoms with E-state index in [0.29, 0.717) is 24.9 Å². The normalized spacial score (nSPS) is 18.5. The second-order valence-corrected chi connectivity index (χ2v) is 12.6. The minimum Gasteiger partial charge on any atom is -0.389 e. The maximum Gasteiger partial charge on any atom is 0.255 e. The zero-order valence-electron chi connectivity index (χ0n) is 25.1. The van der Waals surface area contributed by atoms with Crippen LogP contribution in [0.5, 0.6) is 0 Å². The fraction of sp³-hybridized carbons (Fsp3) is 0.457. The maximum absolute atomic E-state index is 14.3. The van der Waals surface area contributed by atoms with Gasteiger partial charge in [0.15, 0.2) is 0 Å². The number of aliphatic hydroxyl groups is 1. The van der Waals surface area contributed by atoms with Crippen LogP contribution in [-0.4, -0.2) is 60.8 Å². The van der Waals surface area contributed by atoms with Gasteiger partial charge in [-0.3, -0.25) is 19.6 Å². The molecule has 1 aliphatic carbocycles. The predicted octanol–water partition coefficient (Wildman–Crippen LogP) is 4.98. The number of carbonyl (C=O) groups excluding carboxylic acids is 1. The van der Waals surface area contributed by atoms with Crippen LogP contribution in [0.2, 0.25) is 0 Å². The summed E-state index contributed by atoms with van der Waals surface area (Å²) in [6.45, 7) is 2.91. The number of nitrogens with one attached hydrogen (secondary N) is 1. The van der Waals surface area contributed by atoms with Gasteiger partial charge in [0.2, 0.25) is 5.91 Å². The third-order valence-electron chi connectivity index (χ3n) is 9.77. The predicted molar refractivity (Wildman–Crippen MR) is 168 cm³/mol. The summed E-state index contributed by atoms with van der Waals surface area (Å²) in [6.07, 6.45) is 10.0. The van der Waals surface area contributed by atoms with E-state index in [1.807, 2.05) is 65.8 Å². The van der Waals surface area contributed by atoms with E-state index >= 15 is 0 Å². The molecular weight excluding hydrogens is 538 g/mol. The van der Waals surface area contributed by atoms with Gasteiger partial charge in [0.25, 0.3) is 5.56 Å². The van der Waals surface area contributed by atoms with Crippen LogP contribution in [0.15, 0.2) is 77.9 Å². The number of hydrogen-bond acceptors (Lipinski definition) is 5. The van der Waals surface area contributed by atoms with Gasteiger partial charge in [0.05, 0.1) is 23.9 Å². The van der Waals surface area contributed by atoms with E-state index < -0.39 is 5.60 Å². The van der Waals surface area contributed by atoms with Crippen LogP contribution < -0.4 is 5.56 Å². The summed E-state index contributed by atoms with van der Waals surface area (Å²) in [5.41, 5.74) is 2.59. The first-order valence-corrected chi connectivity index (χ1v) is 15.7. The fourth-order valence-corrected chi connectivity index (χ4v) is 7.21. The molecule has 226 valence electrons. The maximum atomic E-state index is 14.3. The molecule has 1 atom stereocenters. The Balaban J connectivity index is 1.32. The molecule has 0 spiro atoms. The first kappa shape index (κ1) is 29.3. The van der Waals surface area contributed by atoms with Crippen molar-refractivity contribution < 1.29 is 9.90 Å². The van der Waals surface area contributed by atoms with Gasteiger partial charge in [-0.15, -0.1) is 0 Å². The van der Waals surface area contributed by atoms with Crippen LogP contribution in [-0.2, 0) is 24.9 Å². The Kier molecular flexibility index (Phi) is 8.77. The number of carbonyl (C=O) groups is 1. The molecule has 43 heavy (non-hydrogen) atoms. The standard InChI is InChI=1S/C35H43N5O3/c1-38-32-15-9-8-14-29(32)20-30(33(38)41)24-40(34(42)28-12-6-3-7-13-28)25-31(27-10-4-2-5-11-27)35(43)16-18-39(19-17-35)23-26-21-36-37-22-26/h2,4-5,8-11,14-15,20-22,28,31,43H,3,6-7,12-13,16-19,23-25H2,1H3,(H,36,37). The second-order valence-electron chi connectivity index (χ2n) is 12.6. The average molecular weight is 582 g/mol. The monoisotopic (exact) mass is 581 g/mol. The fourth-order valence-electron chi connectivity index (χ4n) is 7.21. The van der Waals surface area contributed by atoms with Crippen LogP contribution in [0, 0.1) is 5.92 Å². The van der Waals surface area contributed by atoms with Crippen LogP contribution in [0.4, 0.5) is 0 Å². The molecule has 2 N–H and O–H groups in total. The van der Waals surface area contributed by atoms with Gasteiger partial charge in [0.1, 0.15) is 0 Å². The summed E-state index contributed by atoms with van der Waals surface area (Å²) >= 11 is 0. The minimum absolute atomic E-state index is 0.0408. The van der Waals surface area contributed by atoms with Gasteiger partial charge in [-0.05, 0) is 48.8 Å². The summed E-state index contributed by atoms with van der Waals surface area (Å²) in [5, 5.41) is 20.3. The van der Waals surface area contributed by atoms with E-state index in [1.54, 1.807) is 11.6 Å². The van der Waals surface area contributed by atoms with Gasteiger partial charge in [-0.25, -0.2) is 0 Å². The van der Waals surface area contributed by atoms with Gasteiger partial charge in [0, 0.05) is 62.4 Å². The number of fused-ring (bicyclic) bond motifs is 1. The van der Waals surface area contributed by atoms with Crippen molar-refractivity contribution in [2.24, 2.45) is 13.0 Å². The lowest BCUT2D eigenvalue weighted by atomic mass is 9.75. The molecule has 1 saturated carbocycles. The van der Waals surface area contributed by atoms with E-state index in [9.17, 15) is 14.7 Å². The topological polar surface area (TPSA) is 94.5 Å². The number of para-hydroxylation sites is 1. The van der Waals surface area contributed by atoms with E-state index in [4.69, 9.17) is 0 Å². The molecule has 8 heteroatoms. The zero-order valence-corrected chi connectivity index (χ0v) is 25.1. The molecule has 4 aromatic rings. The third kappa shape index (κ3) is 6.45. The SMILES string of the molecule is Cn1c(=O)c(CN(CC(c2ccccc2)C2(O)CCN(Cc3cn[nH]c3)CC2)C(=O)C2CCCCC2)cc2ccccc21. The molecule has 0 radical (unpaired) electrons. The molecule has 1 unspecified atom stereocenters. The van der Waals surface area contributed by atoms with Crippen molar-refractivity contribution >= 4 is 16.8 Å². The summed E-state index contributed by atoms with van der Waals surface area (Å²) in [5.74, 6) is -0.209. The largest absolute Gasteiger partial charge is 0.389 e. The smallest absolute Gasteiger partial charge is 0.255 e. The second kappa shape index (κ2) is 12.9. The lowest BCUT2D eigenvalue weighted by Crippen LogP contribution is -2.51. The summed E-state index contributed by atoms with van der Waals surface area (Å²) < 4.78 is 1.69. The van der Waals surface area contributed by atoms with Crippen molar-refractivity contribution in [2.75, 3.05) is 19.6 Å². The van der Waals surface area contributed by atoms with Gasteiger partial charge >= 0.3 is 0 Å². The third-order valence-corrected chi connectivity index (χ3v) is 9.77. The van der Waals surface area contributed by atoms with Gasteiger partial charge in [-0.1, -0.05) is 67.8 Å². The minimum atomic E-state index is -0.978. The number of likely N-dealkylation sites (tertiary alicyclic amines) is 1. The Morgan fingerprint density at radius 2 is 1.79 bits per heavy atom. The van der Waals surface area contributed by atoms with Crippen molar-refractivity contribution in [1.29, 1.82) is 0 Å². The molecule has 2 aromatic carbocycles. The molecule has 1 aliphatic heterocycles. The first-order valence-electron chi connectivity index (χ1n) is 15.7. The average Bonchev–Trinajstić information content (AvgIpc) is 3.56. The number of hydrogen-bond donors (Lipinski definition) is 2. The van der Waals surface area contributed by atoms with Crippen molar-refractivity contribution in [3.05, 3.63) is 100 Å². The number of aromatic nitrogens is 3. The summed E-state index contributed by atoms with van der Waals surface area (Å²) in [4.78, 5) is 32.1. The Morgan fingerprint density at radius 3 is 2.51 bits per heavy atom. The Hall–Kier alpha value is -3.75. The molecule has 2 aromatic heterocycles. The molecule has 0 bridgehead atoms. The Labute approximate surface area is 253 Å². The quantitative estimate of drug-likeness (QED) is 0.291. The van der Waals surface area contributed by atoms with E-state index in [1.165, 1.54) is 0 Å². The number of piperidine rings is 1. The molecule has 1 saturated heterocycles. The highest BCUT2D eigenvalue weighted by Crippen LogP contribution is 2.39. The van der Waals surface area contributed by atoms with E-state index in [2.05, 4.69) is 27.2 Å². The molecule has 6 rings (SSSR count). The number of benzene rings is 2. The summed E-state index contributed by atoms with van der Waals surface area (Å²) in [7, 11) is 1.80.